The zero-order valence-corrected chi connectivity index (χ0v) is 12.4. The third kappa shape index (κ3) is 2.58. The summed E-state index contributed by atoms with van der Waals surface area (Å²) in [5, 5.41) is 3.45. The van der Waals surface area contributed by atoms with Crippen LogP contribution in [-0.2, 0) is 12.8 Å². The normalized spacial score (nSPS) is 14.3. The average Bonchev–Trinajstić information content (AvgIpc) is 2.92. The van der Waals surface area contributed by atoms with Gasteiger partial charge >= 0.3 is 0 Å². The molecule has 106 valence electrons. The Morgan fingerprint density at radius 1 is 1.25 bits per heavy atom. The Morgan fingerprint density at radius 2 is 2.10 bits per heavy atom. The van der Waals surface area contributed by atoms with Gasteiger partial charge in [-0.15, -0.1) is 0 Å². The summed E-state index contributed by atoms with van der Waals surface area (Å²) in [7, 11) is 0. The van der Waals surface area contributed by atoms with Crippen molar-refractivity contribution >= 4 is 5.95 Å². The van der Waals surface area contributed by atoms with Crippen molar-refractivity contribution in [1.29, 1.82) is 0 Å². The highest BCUT2D eigenvalue weighted by Crippen LogP contribution is 2.28. The second-order valence-corrected chi connectivity index (χ2v) is 6.02. The number of fused-ring (bicyclic) bond motifs is 1. The number of hydrogen-bond donors (Lipinski definition) is 1. The van der Waals surface area contributed by atoms with Crippen LogP contribution in [0.15, 0.2) is 30.6 Å². The summed E-state index contributed by atoms with van der Waals surface area (Å²) in [6, 6.07) is 6.66. The van der Waals surface area contributed by atoms with Crippen LogP contribution in [0, 0.1) is 5.92 Å². The van der Waals surface area contributed by atoms with Gasteiger partial charge in [-0.25, -0.2) is 4.98 Å². The van der Waals surface area contributed by atoms with Gasteiger partial charge in [-0.3, -0.25) is 4.57 Å². The molecule has 0 saturated heterocycles. The Hall–Kier alpha value is -1.77. The predicted octanol–water partition coefficient (Wildman–Crippen LogP) is 3.82. The second-order valence-electron chi connectivity index (χ2n) is 6.02. The third-order valence-corrected chi connectivity index (χ3v) is 3.94. The van der Waals surface area contributed by atoms with Crippen molar-refractivity contribution in [2.75, 3.05) is 11.9 Å². The molecule has 0 fully saturated rings. The van der Waals surface area contributed by atoms with E-state index in [1.54, 1.807) is 0 Å². The molecule has 0 atom stereocenters. The van der Waals surface area contributed by atoms with Crippen LogP contribution in [0.1, 0.15) is 37.8 Å². The largest absolute Gasteiger partial charge is 0.355 e. The molecule has 0 bridgehead atoms. The van der Waals surface area contributed by atoms with Crippen LogP contribution < -0.4 is 5.32 Å². The molecular formula is C17H23N3. The van der Waals surface area contributed by atoms with E-state index in [2.05, 4.69) is 53.1 Å². The quantitative estimate of drug-likeness (QED) is 0.914. The number of imidazole rings is 1. The first-order chi connectivity index (χ1) is 9.75. The van der Waals surface area contributed by atoms with Gasteiger partial charge in [0.2, 0.25) is 5.95 Å². The zero-order valence-electron chi connectivity index (χ0n) is 12.4. The first-order valence-corrected chi connectivity index (χ1v) is 7.64. The predicted molar refractivity (Wildman–Crippen MR) is 83.5 cm³/mol. The number of nitrogens with one attached hydrogen (secondary N) is 1. The summed E-state index contributed by atoms with van der Waals surface area (Å²) in [6.07, 6.45) is 8.96. The first kappa shape index (κ1) is 13.2. The summed E-state index contributed by atoms with van der Waals surface area (Å²) < 4.78 is 2.20. The molecule has 20 heavy (non-hydrogen) atoms. The minimum Gasteiger partial charge on any atom is -0.355 e. The van der Waals surface area contributed by atoms with E-state index in [-0.39, 0.29) is 0 Å². The first-order valence-electron chi connectivity index (χ1n) is 7.64. The smallest absolute Gasteiger partial charge is 0.207 e. The Morgan fingerprint density at radius 3 is 2.95 bits per heavy atom. The van der Waals surface area contributed by atoms with Gasteiger partial charge in [0.05, 0.1) is 5.69 Å². The number of benzene rings is 1. The van der Waals surface area contributed by atoms with Gasteiger partial charge in [-0.1, -0.05) is 26.0 Å². The molecule has 0 aliphatic heterocycles. The fourth-order valence-corrected chi connectivity index (χ4v) is 2.91. The molecule has 2 aromatic rings. The van der Waals surface area contributed by atoms with E-state index >= 15 is 0 Å². The molecule has 1 aliphatic rings. The Balaban J connectivity index is 1.95. The number of hydrogen-bond acceptors (Lipinski definition) is 2. The molecule has 1 aromatic heterocycles. The van der Waals surface area contributed by atoms with E-state index in [0.717, 1.165) is 12.5 Å². The minimum atomic E-state index is 0.616. The van der Waals surface area contributed by atoms with Crippen molar-refractivity contribution in [2.24, 2.45) is 5.92 Å². The van der Waals surface area contributed by atoms with Crippen molar-refractivity contribution in [3.05, 3.63) is 41.7 Å². The molecule has 0 saturated carbocycles. The SMILES string of the molecule is CC(C)CNc1nccn1-c1cccc2c1CCCC2. The van der Waals surface area contributed by atoms with Crippen LogP contribution in [0.4, 0.5) is 5.95 Å². The van der Waals surface area contributed by atoms with Crippen molar-refractivity contribution < 1.29 is 0 Å². The minimum absolute atomic E-state index is 0.616. The topological polar surface area (TPSA) is 29.9 Å². The monoisotopic (exact) mass is 269 g/mol. The lowest BCUT2D eigenvalue weighted by Crippen LogP contribution is -2.14. The number of anilines is 1. The molecule has 0 unspecified atom stereocenters. The molecule has 3 rings (SSSR count). The maximum atomic E-state index is 4.47. The van der Waals surface area contributed by atoms with E-state index in [9.17, 15) is 0 Å². The number of aromatic nitrogens is 2. The highest BCUT2D eigenvalue weighted by atomic mass is 15.2. The fraction of sp³-hybridized carbons (Fsp3) is 0.471. The van der Waals surface area contributed by atoms with E-state index < -0.39 is 0 Å². The molecule has 0 amide bonds. The standard InChI is InChI=1S/C17H23N3/c1-13(2)12-19-17-18-10-11-20(17)16-9-5-7-14-6-3-4-8-15(14)16/h5,7,9-11,13H,3-4,6,8,12H2,1-2H3,(H,18,19). The molecular weight excluding hydrogens is 246 g/mol. The van der Waals surface area contributed by atoms with Crippen LogP contribution in [0.25, 0.3) is 5.69 Å². The third-order valence-electron chi connectivity index (χ3n) is 3.94. The molecule has 1 N–H and O–H groups in total. The molecule has 3 heteroatoms. The molecule has 0 radical (unpaired) electrons. The Bertz CT molecular complexity index is 584. The van der Waals surface area contributed by atoms with Gasteiger partial charge in [0.15, 0.2) is 0 Å². The van der Waals surface area contributed by atoms with Crippen molar-refractivity contribution in [2.45, 2.75) is 39.5 Å². The van der Waals surface area contributed by atoms with Crippen molar-refractivity contribution in [1.82, 2.24) is 9.55 Å². The number of nitrogens with zero attached hydrogens (tertiary/aromatic N) is 2. The molecule has 1 aliphatic carbocycles. The maximum absolute atomic E-state index is 4.47. The summed E-state index contributed by atoms with van der Waals surface area (Å²) >= 11 is 0. The Kier molecular flexibility index (Phi) is 3.77. The highest BCUT2D eigenvalue weighted by molar-refractivity contribution is 5.51. The molecule has 3 nitrogen and oxygen atoms in total. The number of rotatable bonds is 4. The van der Waals surface area contributed by atoms with Gasteiger partial charge in [-0.05, 0) is 48.8 Å². The highest BCUT2D eigenvalue weighted by Gasteiger charge is 2.15. The van der Waals surface area contributed by atoms with Crippen LogP contribution in [0.5, 0.6) is 0 Å². The summed E-state index contributed by atoms with van der Waals surface area (Å²) in [6.45, 7) is 5.38. The van der Waals surface area contributed by atoms with Gasteiger partial charge in [-0.2, -0.15) is 0 Å². The molecule has 1 aromatic carbocycles. The number of aryl methyl sites for hydroxylation is 1. The van der Waals surface area contributed by atoms with E-state index in [1.807, 2.05) is 6.20 Å². The second kappa shape index (κ2) is 5.70. The average molecular weight is 269 g/mol. The molecule has 0 spiro atoms. The van der Waals surface area contributed by atoms with Crippen molar-refractivity contribution in [3.8, 4) is 5.69 Å². The van der Waals surface area contributed by atoms with Gasteiger partial charge in [0, 0.05) is 18.9 Å². The maximum Gasteiger partial charge on any atom is 0.207 e. The van der Waals surface area contributed by atoms with E-state index in [4.69, 9.17) is 0 Å². The summed E-state index contributed by atoms with van der Waals surface area (Å²) in [5.41, 5.74) is 4.31. The van der Waals surface area contributed by atoms with E-state index in [0.29, 0.717) is 5.92 Å². The van der Waals surface area contributed by atoms with Crippen LogP contribution in [-0.4, -0.2) is 16.1 Å². The van der Waals surface area contributed by atoms with Crippen LogP contribution >= 0.6 is 0 Å². The van der Waals surface area contributed by atoms with Crippen molar-refractivity contribution in [3.63, 3.8) is 0 Å². The van der Waals surface area contributed by atoms with E-state index in [1.165, 1.54) is 42.5 Å². The Labute approximate surface area is 121 Å². The summed E-state index contributed by atoms with van der Waals surface area (Å²) in [5.74, 6) is 1.57. The fourth-order valence-electron chi connectivity index (χ4n) is 2.91. The van der Waals surface area contributed by atoms with Gasteiger partial charge < -0.3 is 5.32 Å². The van der Waals surface area contributed by atoms with Gasteiger partial charge in [0.25, 0.3) is 0 Å². The molecule has 1 heterocycles. The lowest BCUT2D eigenvalue weighted by atomic mass is 9.90. The van der Waals surface area contributed by atoms with Crippen LogP contribution in [0.2, 0.25) is 0 Å². The lowest BCUT2D eigenvalue weighted by Gasteiger charge is -2.21. The van der Waals surface area contributed by atoms with Crippen LogP contribution in [0.3, 0.4) is 0 Å². The zero-order chi connectivity index (χ0) is 13.9. The summed E-state index contributed by atoms with van der Waals surface area (Å²) in [4.78, 5) is 4.47. The lowest BCUT2D eigenvalue weighted by molar-refractivity contribution is 0.676. The van der Waals surface area contributed by atoms with Gasteiger partial charge in [0.1, 0.15) is 0 Å².